The zero-order valence-electron chi connectivity index (χ0n) is 8.15. The molecule has 1 aromatic rings. The van der Waals surface area contributed by atoms with E-state index in [2.05, 4.69) is 22.7 Å². The summed E-state index contributed by atoms with van der Waals surface area (Å²) in [5.41, 5.74) is 5.40. The average Bonchev–Trinajstić information content (AvgIpc) is 2.63. The Morgan fingerprint density at radius 2 is 2.53 bits per heavy atom. The van der Waals surface area contributed by atoms with E-state index < -0.39 is 0 Å². The molecular weight excluding hydrogens is 218 g/mol. The molecule has 1 rings (SSSR count). The number of hydrogen-bond acceptors (Lipinski definition) is 5. The van der Waals surface area contributed by atoms with Crippen LogP contribution in [-0.4, -0.2) is 29.7 Å². The lowest BCUT2D eigenvalue weighted by atomic mass is 10.3. The zero-order chi connectivity index (χ0) is 11.3. The van der Waals surface area contributed by atoms with Gasteiger partial charge in [0.25, 0.3) is 5.91 Å². The fourth-order valence-corrected chi connectivity index (χ4v) is 0.960. The van der Waals surface area contributed by atoms with Crippen molar-refractivity contribution in [2.75, 3.05) is 13.7 Å². The number of nitrogens with zero attached hydrogens (tertiary/aromatic N) is 1. The van der Waals surface area contributed by atoms with Crippen LogP contribution in [0.25, 0.3) is 0 Å². The van der Waals surface area contributed by atoms with Gasteiger partial charge in [-0.15, -0.1) is 0 Å². The number of methoxy groups -OCH3 is 1. The average molecular weight is 229 g/mol. The highest BCUT2D eigenvalue weighted by Crippen LogP contribution is 2.04. The number of carbonyl (C=O) groups is 1. The van der Waals surface area contributed by atoms with E-state index >= 15 is 0 Å². The van der Waals surface area contributed by atoms with Crippen molar-refractivity contribution in [2.24, 2.45) is 5.73 Å². The lowest BCUT2D eigenvalue weighted by Gasteiger charge is -1.98. The second kappa shape index (κ2) is 5.42. The molecule has 1 amide bonds. The summed E-state index contributed by atoms with van der Waals surface area (Å²) in [6, 6.07) is 1.50. The van der Waals surface area contributed by atoms with E-state index in [1.807, 2.05) is 0 Å². The minimum Gasteiger partial charge on any atom is -0.392 e. The summed E-state index contributed by atoms with van der Waals surface area (Å²) in [4.78, 5) is 11.6. The summed E-state index contributed by atoms with van der Waals surface area (Å²) in [5, 5.41) is 6.05. The Labute approximate surface area is 91.7 Å². The number of amides is 1. The van der Waals surface area contributed by atoms with Gasteiger partial charge in [0.15, 0.2) is 11.5 Å². The van der Waals surface area contributed by atoms with Crippen LogP contribution in [0.4, 0.5) is 0 Å². The van der Waals surface area contributed by atoms with Crippen LogP contribution in [0.5, 0.6) is 0 Å². The van der Waals surface area contributed by atoms with Crippen molar-refractivity contribution in [3.05, 3.63) is 17.5 Å². The molecule has 0 saturated heterocycles. The maximum atomic E-state index is 11.4. The number of nitrogens with two attached hydrogens (primary N) is 1. The van der Waals surface area contributed by atoms with Crippen molar-refractivity contribution < 1.29 is 14.1 Å². The lowest BCUT2D eigenvalue weighted by Crippen LogP contribution is -2.32. The number of thiocarbonyl (C=S) groups is 1. The topological polar surface area (TPSA) is 90.4 Å². The van der Waals surface area contributed by atoms with Crippen LogP contribution in [0, 0.1) is 0 Å². The van der Waals surface area contributed by atoms with E-state index in [0.717, 1.165) is 0 Å². The van der Waals surface area contributed by atoms with Crippen LogP contribution in [0.3, 0.4) is 0 Å². The Kier molecular flexibility index (Phi) is 4.19. The molecule has 7 heteroatoms. The normalized spacial score (nSPS) is 9.93. The van der Waals surface area contributed by atoms with Crippen LogP contribution in [0.2, 0.25) is 0 Å². The van der Waals surface area contributed by atoms with Crippen LogP contribution >= 0.6 is 12.2 Å². The standard InChI is InChI=1S/C8H11N3O3S/c1-13-4-5-2-6(11-14-5)8(12)10-3-7(9)15/h2H,3-4H2,1H3,(H2,9,15)(H,10,12). The highest BCUT2D eigenvalue weighted by molar-refractivity contribution is 7.80. The number of hydrogen-bond donors (Lipinski definition) is 2. The molecule has 3 N–H and O–H groups in total. The highest BCUT2D eigenvalue weighted by Gasteiger charge is 2.11. The molecule has 1 heterocycles. The number of ether oxygens (including phenoxy) is 1. The van der Waals surface area contributed by atoms with Crippen molar-refractivity contribution in [3.8, 4) is 0 Å². The van der Waals surface area contributed by atoms with E-state index in [0.29, 0.717) is 5.76 Å². The summed E-state index contributed by atoms with van der Waals surface area (Å²) in [6.45, 7) is 0.413. The molecule has 0 aliphatic heterocycles. The van der Waals surface area contributed by atoms with Gasteiger partial charge in [-0.25, -0.2) is 0 Å². The van der Waals surface area contributed by atoms with E-state index in [-0.39, 0.29) is 29.7 Å². The Morgan fingerprint density at radius 1 is 1.80 bits per heavy atom. The van der Waals surface area contributed by atoms with Crippen molar-refractivity contribution in [1.29, 1.82) is 0 Å². The molecule has 0 unspecified atom stereocenters. The van der Waals surface area contributed by atoms with Crippen molar-refractivity contribution in [1.82, 2.24) is 10.5 Å². The molecule has 0 saturated carbocycles. The summed E-state index contributed by atoms with van der Waals surface area (Å²) in [6.07, 6.45) is 0. The number of carbonyl (C=O) groups excluding carboxylic acids is 1. The van der Waals surface area contributed by atoms with E-state index in [1.165, 1.54) is 13.2 Å². The van der Waals surface area contributed by atoms with Crippen LogP contribution < -0.4 is 11.1 Å². The molecule has 1 aromatic heterocycles. The van der Waals surface area contributed by atoms with Gasteiger partial charge in [0, 0.05) is 13.2 Å². The van der Waals surface area contributed by atoms with Gasteiger partial charge in [-0.1, -0.05) is 17.4 Å². The fourth-order valence-electron chi connectivity index (χ4n) is 0.888. The third-order valence-electron chi connectivity index (χ3n) is 1.50. The first kappa shape index (κ1) is 11.6. The summed E-state index contributed by atoms with van der Waals surface area (Å²) >= 11 is 4.61. The van der Waals surface area contributed by atoms with E-state index in [4.69, 9.17) is 15.0 Å². The fraction of sp³-hybridized carbons (Fsp3) is 0.375. The maximum absolute atomic E-state index is 11.4. The monoisotopic (exact) mass is 229 g/mol. The third kappa shape index (κ3) is 3.64. The molecule has 0 aromatic carbocycles. The molecule has 0 fully saturated rings. The lowest BCUT2D eigenvalue weighted by molar-refractivity contribution is 0.0949. The molecule has 0 aliphatic rings. The Morgan fingerprint density at radius 3 is 3.13 bits per heavy atom. The summed E-state index contributed by atoms with van der Waals surface area (Å²) < 4.78 is 9.65. The molecule has 6 nitrogen and oxygen atoms in total. The first-order valence-corrected chi connectivity index (χ1v) is 4.55. The molecule has 15 heavy (non-hydrogen) atoms. The minimum atomic E-state index is -0.381. The Bertz CT molecular complexity index is 364. The predicted molar refractivity (Wildman–Crippen MR) is 56.3 cm³/mol. The predicted octanol–water partition coefficient (Wildman–Crippen LogP) is -0.163. The first-order valence-electron chi connectivity index (χ1n) is 4.14. The molecule has 0 spiro atoms. The van der Waals surface area contributed by atoms with Crippen molar-refractivity contribution >= 4 is 23.1 Å². The zero-order valence-corrected chi connectivity index (χ0v) is 8.97. The largest absolute Gasteiger partial charge is 0.392 e. The van der Waals surface area contributed by atoms with Gasteiger partial charge in [0.1, 0.15) is 6.61 Å². The van der Waals surface area contributed by atoms with Crippen LogP contribution in [-0.2, 0) is 11.3 Å². The second-order valence-electron chi connectivity index (χ2n) is 2.76. The van der Waals surface area contributed by atoms with Gasteiger partial charge in [0.05, 0.1) is 11.5 Å². The quantitative estimate of drug-likeness (QED) is 0.682. The molecule has 0 atom stereocenters. The SMILES string of the molecule is COCc1cc(C(=O)NCC(N)=S)no1. The highest BCUT2D eigenvalue weighted by atomic mass is 32.1. The molecule has 0 aliphatic carbocycles. The van der Waals surface area contributed by atoms with Gasteiger partial charge in [-0.2, -0.15) is 0 Å². The number of nitrogens with one attached hydrogen (secondary N) is 1. The van der Waals surface area contributed by atoms with Crippen molar-refractivity contribution in [2.45, 2.75) is 6.61 Å². The van der Waals surface area contributed by atoms with E-state index in [1.54, 1.807) is 0 Å². The Hall–Kier alpha value is -1.47. The molecular formula is C8H11N3O3S. The maximum Gasteiger partial charge on any atom is 0.273 e. The van der Waals surface area contributed by atoms with Crippen molar-refractivity contribution in [3.63, 3.8) is 0 Å². The smallest absolute Gasteiger partial charge is 0.273 e. The van der Waals surface area contributed by atoms with Gasteiger partial charge in [-0.3, -0.25) is 4.79 Å². The molecule has 82 valence electrons. The van der Waals surface area contributed by atoms with E-state index in [9.17, 15) is 4.79 Å². The van der Waals surface area contributed by atoms with Crippen LogP contribution in [0.15, 0.2) is 10.6 Å². The molecule has 0 bridgehead atoms. The first-order chi connectivity index (χ1) is 7.13. The summed E-state index contributed by atoms with van der Waals surface area (Å²) in [5.74, 6) is 0.104. The minimum absolute atomic E-state index is 0.140. The molecule has 0 radical (unpaired) electrons. The Balaban J connectivity index is 2.54. The number of rotatable bonds is 5. The number of aromatic nitrogens is 1. The third-order valence-corrected chi connectivity index (χ3v) is 1.65. The summed E-state index contributed by atoms with van der Waals surface area (Å²) in [7, 11) is 1.52. The van der Waals surface area contributed by atoms with Crippen LogP contribution in [0.1, 0.15) is 16.2 Å². The van der Waals surface area contributed by atoms with Gasteiger partial charge >= 0.3 is 0 Å². The second-order valence-corrected chi connectivity index (χ2v) is 3.28. The van der Waals surface area contributed by atoms with Gasteiger partial charge in [0.2, 0.25) is 0 Å². The van der Waals surface area contributed by atoms with Gasteiger partial charge < -0.3 is 20.3 Å². The van der Waals surface area contributed by atoms with Gasteiger partial charge in [-0.05, 0) is 0 Å².